The van der Waals surface area contributed by atoms with E-state index in [4.69, 9.17) is 0 Å². The van der Waals surface area contributed by atoms with Gasteiger partial charge >= 0.3 is 0 Å². The molecule has 3 aromatic heterocycles. The summed E-state index contributed by atoms with van der Waals surface area (Å²) in [5.41, 5.74) is 3.99. The quantitative estimate of drug-likeness (QED) is 0.532. The van der Waals surface area contributed by atoms with E-state index in [-0.39, 0.29) is 5.75 Å². The van der Waals surface area contributed by atoms with Gasteiger partial charge in [-0.1, -0.05) is 12.5 Å². The highest BCUT2D eigenvalue weighted by Gasteiger charge is 2.33. The SMILES string of the molecule is Cn1cc(-c2ccc(-c3cc4cnn([C@@H]5CC6CCC[C@@H](C5)N6)c4nn3)c(O)c2)cn1. The van der Waals surface area contributed by atoms with Gasteiger partial charge in [-0.2, -0.15) is 10.2 Å². The summed E-state index contributed by atoms with van der Waals surface area (Å²) in [7, 11) is 1.87. The van der Waals surface area contributed by atoms with Crippen molar-refractivity contribution in [1.29, 1.82) is 0 Å². The highest BCUT2D eigenvalue weighted by molar-refractivity contribution is 5.81. The Morgan fingerprint density at radius 3 is 2.58 bits per heavy atom. The molecule has 0 radical (unpaired) electrons. The lowest BCUT2D eigenvalue weighted by molar-refractivity contribution is 0.182. The first kappa shape index (κ1) is 18.5. The van der Waals surface area contributed by atoms with Gasteiger partial charge in [-0.15, -0.1) is 10.2 Å². The fourth-order valence-corrected chi connectivity index (χ4v) is 5.18. The largest absolute Gasteiger partial charge is 0.507 e. The number of phenols is 1. The van der Waals surface area contributed by atoms with Crippen LogP contribution in [0.2, 0.25) is 0 Å². The van der Waals surface area contributed by atoms with E-state index in [0.717, 1.165) is 35.0 Å². The van der Waals surface area contributed by atoms with Crippen molar-refractivity contribution in [3.63, 3.8) is 0 Å². The standard InChI is InChI=1S/C23H25N7O/c1-29-13-16(12-24-29)14-5-6-20(22(31)8-14)21-7-15-11-25-30(23(15)28-27-21)19-9-17-3-2-4-18(10-19)26-17/h5-8,11-13,17-19,26,31H,2-4,9-10H2,1H3/t17-,18?,19-/m0/s1. The van der Waals surface area contributed by atoms with Crippen LogP contribution in [0.5, 0.6) is 5.75 Å². The lowest BCUT2D eigenvalue weighted by Gasteiger charge is -2.40. The Hall–Kier alpha value is -3.26. The van der Waals surface area contributed by atoms with Crippen LogP contribution in [0.3, 0.4) is 0 Å². The van der Waals surface area contributed by atoms with E-state index in [0.29, 0.717) is 29.4 Å². The number of rotatable bonds is 3. The fourth-order valence-electron chi connectivity index (χ4n) is 5.18. The smallest absolute Gasteiger partial charge is 0.180 e. The summed E-state index contributed by atoms with van der Waals surface area (Å²) in [6, 6.07) is 9.09. The maximum atomic E-state index is 10.7. The Bertz CT molecular complexity index is 1250. The van der Waals surface area contributed by atoms with E-state index in [1.807, 2.05) is 37.6 Å². The molecule has 2 aliphatic rings. The number of phenolic OH excluding ortho intramolecular Hbond substituents is 1. The Labute approximate surface area is 179 Å². The monoisotopic (exact) mass is 415 g/mol. The molecule has 5 heterocycles. The molecular weight excluding hydrogens is 390 g/mol. The second kappa shape index (κ2) is 7.16. The Morgan fingerprint density at radius 2 is 1.84 bits per heavy atom. The maximum Gasteiger partial charge on any atom is 0.180 e. The summed E-state index contributed by atoms with van der Waals surface area (Å²) >= 11 is 0. The zero-order chi connectivity index (χ0) is 20.9. The summed E-state index contributed by atoms with van der Waals surface area (Å²) in [5.74, 6) is 0.175. The normalized spacial score (nSPS) is 23.3. The van der Waals surface area contributed by atoms with Crippen molar-refractivity contribution in [2.45, 2.75) is 50.2 Å². The Balaban J connectivity index is 1.31. The van der Waals surface area contributed by atoms with Crippen molar-refractivity contribution < 1.29 is 5.11 Å². The summed E-state index contributed by atoms with van der Waals surface area (Å²) in [4.78, 5) is 0. The van der Waals surface area contributed by atoms with E-state index in [1.165, 1.54) is 19.3 Å². The van der Waals surface area contributed by atoms with Crippen LogP contribution in [0.4, 0.5) is 0 Å². The number of nitrogens with zero attached hydrogens (tertiary/aromatic N) is 6. The highest BCUT2D eigenvalue weighted by atomic mass is 16.3. The summed E-state index contributed by atoms with van der Waals surface area (Å²) < 4.78 is 3.80. The van der Waals surface area contributed by atoms with Crippen LogP contribution >= 0.6 is 0 Å². The lowest BCUT2D eigenvalue weighted by Crippen LogP contribution is -2.49. The molecule has 0 saturated carbocycles. The molecule has 2 aliphatic heterocycles. The molecule has 2 fully saturated rings. The van der Waals surface area contributed by atoms with Crippen molar-refractivity contribution in [3.05, 3.63) is 42.9 Å². The van der Waals surface area contributed by atoms with Crippen molar-refractivity contribution in [3.8, 4) is 28.1 Å². The zero-order valence-corrected chi connectivity index (χ0v) is 17.4. The molecule has 2 saturated heterocycles. The van der Waals surface area contributed by atoms with Crippen molar-refractivity contribution in [1.82, 2.24) is 35.1 Å². The molecule has 4 aromatic rings. The van der Waals surface area contributed by atoms with Crippen molar-refractivity contribution >= 4 is 11.0 Å². The number of aromatic hydroxyl groups is 1. The number of hydrogen-bond donors (Lipinski definition) is 2. The van der Waals surface area contributed by atoms with Gasteiger partial charge < -0.3 is 10.4 Å². The van der Waals surface area contributed by atoms with Gasteiger partial charge in [0.2, 0.25) is 0 Å². The van der Waals surface area contributed by atoms with E-state index in [2.05, 4.69) is 30.4 Å². The third kappa shape index (κ3) is 3.27. The van der Waals surface area contributed by atoms with Crippen molar-refractivity contribution in [2.24, 2.45) is 7.05 Å². The van der Waals surface area contributed by atoms with E-state index in [9.17, 15) is 5.11 Å². The van der Waals surface area contributed by atoms with Gasteiger partial charge in [-0.25, -0.2) is 4.68 Å². The highest BCUT2D eigenvalue weighted by Crippen LogP contribution is 2.36. The number of aryl methyl sites for hydroxylation is 1. The van der Waals surface area contributed by atoms with Crippen LogP contribution in [0.25, 0.3) is 33.4 Å². The van der Waals surface area contributed by atoms with Gasteiger partial charge in [0.05, 0.1) is 24.1 Å². The molecule has 8 nitrogen and oxygen atoms in total. The van der Waals surface area contributed by atoms with Gasteiger partial charge in [0.1, 0.15) is 5.75 Å². The molecule has 158 valence electrons. The second-order valence-electron chi connectivity index (χ2n) is 8.85. The van der Waals surface area contributed by atoms with Gasteiger partial charge in [0, 0.05) is 41.8 Å². The summed E-state index contributed by atoms with van der Waals surface area (Å²) in [6.07, 6.45) is 11.6. The van der Waals surface area contributed by atoms with Crippen LogP contribution < -0.4 is 5.32 Å². The molecular formula is C23H25N7O. The average molecular weight is 416 g/mol. The molecule has 6 rings (SSSR count). The first-order chi connectivity index (χ1) is 15.1. The summed E-state index contributed by atoms with van der Waals surface area (Å²) in [6.45, 7) is 0. The minimum absolute atomic E-state index is 0.175. The predicted octanol–water partition coefficient (Wildman–Crippen LogP) is 3.45. The molecule has 8 heteroatoms. The Kier molecular flexibility index (Phi) is 4.27. The topological polar surface area (TPSA) is 93.7 Å². The first-order valence-corrected chi connectivity index (χ1v) is 10.9. The molecule has 1 unspecified atom stereocenters. The second-order valence-corrected chi connectivity index (χ2v) is 8.85. The molecule has 2 bridgehead atoms. The first-order valence-electron chi connectivity index (χ1n) is 10.9. The number of hydrogen-bond acceptors (Lipinski definition) is 6. The molecule has 0 amide bonds. The lowest BCUT2D eigenvalue weighted by atomic mass is 9.84. The van der Waals surface area contributed by atoms with Crippen LogP contribution in [0.1, 0.15) is 38.1 Å². The van der Waals surface area contributed by atoms with Crippen LogP contribution in [0, 0.1) is 0 Å². The number of piperidine rings is 2. The molecule has 2 N–H and O–H groups in total. The molecule has 31 heavy (non-hydrogen) atoms. The van der Waals surface area contributed by atoms with E-state index in [1.54, 1.807) is 16.9 Å². The number of aromatic nitrogens is 6. The van der Waals surface area contributed by atoms with Gasteiger partial charge in [-0.05, 0) is 49.4 Å². The number of benzene rings is 1. The van der Waals surface area contributed by atoms with Crippen LogP contribution in [-0.4, -0.2) is 46.9 Å². The Morgan fingerprint density at radius 1 is 1.00 bits per heavy atom. The maximum absolute atomic E-state index is 10.7. The van der Waals surface area contributed by atoms with Crippen LogP contribution in [0.15, 0.2) is 42.9 Å². The van der Waals surface area contributed by atoms with Crippen molar-refractivity contribution in [2.75, 3.05) is 0 Å². The molecule has 1 aromatic carbocycles. The molecule has 3 atom stereocenters. The minimum Gasteiger partial charge on any atom is -0.507 e. The van der Waals surface area contributed by atoms with E-state index < -0.39 is 0 Å². The third-order valence-corrected chi connectivity index (χ3v) is 6.69. The molecule has 0 aliphatic carbocycles. The van der Waals surface area contributed by atoms with Gasteiger partial charge in [-0.3, -0.25) is 4.68 Å². The minimum atomic E-state index is 0.175. The fraction of sp³-hybridized carbons (Fsp3) is 0.391. The van der Waals surface area contributed by atoms with Gasteiger partial charge in [0.25, 0.3) is 0 Å². The van der Waals surface area contributed by atoms with Gasteiger partial charge in [0.15, 0.2) is 5.65 Å². The summed E-state index contributed by atoms with van der Waals surface area (Å²) in [5, 5.41) is 33.2. The number of nitrogens with one attached hydrogen (secondary N) is 1. The zero-order valence-electron chi connectivity index (χ0n) is 17.4. The predicted molar refractivity (Wildman–Crippen MR) is 117 cm³/mol. The average Bonchev–Trinajstić information content (AvgIpc) is 3.39. The number of fused-ring (bicyclic) bond motifs is 3. The van der Waals surface area contributed by atoms with Crippen LogP contribution in [-0.2, 0) is 7.05 Å². The van der Waals surface area contributed by atoms with E-state index >= 15 is 0 Å². The molecule has 0 spiro atoms. The third-order valence-electron chi connectivity index (χ3n) is 6.69.